The number of halogens is 1. The Kier molecular flexibility index (Phi) is 5.59. The van der Waals surface area contributed by atoms with Crippen LogP contribution in [0.15, 0.2) is 34.8 Å². The van der Waals surface area contributed by atoms with E-state index in [1.807, 2.05) is 30.3 Å². The van der Waals surface area contributed by atoms with Crippen LogP contribution in [0.2, 0.25) is 0 Å². The van der Waals surface area contributed by atoms with E-state index in [0.29, 0.717) is 13.0 Å². The second kappa shape index (κ2) is 7.70. The number of thiophene rings is 1. The number of aryl methyl sites for hydroxylation is 1. The minimum absolute atomic E-state index is 0.0214. The minimum atomic E-state index is -0.0214. The summed E-state index contributed by atoms with van der Waals surface area (Å²) in [5.74, 6) is 0.106. The van der Waals surface area contributed by atoms with E-state index in [1.165, 1.54) is 4.88 Å². The third kappa shape index (κ3) is 4.12. The standard InChI is InChI=1S/C19H21BrN2O2S/c1-22(2)19(24)17-10-14-9-12(7-8-16(14)25-17)18(23)21-11-13-5-3-4-6-15(13)20/h3-6,10,12H,7-9,11H2,1-2H3,(H,21,23)/t12-/m1/s1. The molecule has 2 amide bonds. The summed E-state index contributed by atoms with van der Waals surface area (Å²) in [4.78, 5) is 28.3. The zero-order valence-corrected chi connectivity index (χ0v) is 16.7. The fourth-order valence-electron chi connectivity index (χ4n) is 3.04. The smallest absolute Gasteiger partial charge is 0.263 e. The Morgan fingerprint density at radius 1 is 1.32 bits per heavy atom. The van der Waals surface area contributed by atoms with Crippen molar-refractivity contribution in [2.75, 3.05) is 14.1 Å². The van der Waals surface area contributed by atoms with Gasteiger partial charge in [-0.1, -0.05) is 34.1 Å². The maximum Gasteiger partial charge on any atom is 0.263 e. The molecular formula is C19H21BrN2O2S. The van der Waals surface area contributed by atoms with Gasteiger partial charge < -0.3 is 10.2 Å². The predicted octanol–water partition coefficient (Wildman–Crippen LogP) is 3.63. The summed E-state index contributed by atoms with van der Waals surface area (Å²) in [7, 11) is 3.53. The molecule has 0 radical (unpaired) electrons. The Balaban J connectivity index is 1.63. The summed E-state index contributed by atoms with van der Waals surface area (Å²) in [5, 5.41) is 3.05. The van der Waals surface area contributed by atoms with Crippen molar-refractivity contribution in [3.05, 3.63) is 55.7 Å². The van der Waals surface area contributed by atoms with Crippen LogP contribution in [0.25, 0.3) is 0 Å². The van der Waals surface area contributed by atoms with Crippen LogP contribution in [-0.2, 0) is 24.2 Å². The molecule has 0 spiro atoms. The second-order valence-electron chi connectivity index (χ2n) is 6.51. The van der Waals surface area contributed by atoms with Crippen LogP contribution >= 0.6 is 27.3 Å². The normalized spacial score (nSPS) is 16.2. The molecule has 0 saturated heterocycles. The van der Waals surface area contributed by atoms with Crippen molar-refractivity contribution < 1.29 is 9.59 Å². The van der Waals surface area contributed by atoms with Crippen LogP contribution in [0.1, 0.15) is 32.1 Å². The fourth-order valence-corrected chi connectivity index (χ4v) is 4.70. The number of hydrogen-bond donors (Lipinski definition) is 1. The molecule has 25 heavy (non-hydrogen) atoms. The summed E-state index contributed by atoms with van der Waals surface area (Å²) < 4.78 is 1.01. The fraction of sp³-hybridized carbons (Fsp3) is 0.368. The van der Waals surface area contributed by atoms with Gasteiger partial charge >= 0.3 is 0 Å². The maximum absolute atomic E-state index is 12.5. The highest BCUT2D eigenvalue weighted by molar-refractivity contribution is 9.10. The SMILES string of the molecule is CN(C)C(=O)c1cc2c(s1)CC[C@@H](C(=O)NCc1ccccc1Br)C2. The molecule has 0 aliphatic heterocycles. The van der Waals surface area contributed by atoms with Crippen LogP contribution in [0.4, 0.5) is 0 Å². The van der Waals surface area contributed by atoms with Crippen LogP contribution in [0, 0.1) is 5.92 Å². The zero-order valence-electron chi connectivity index (χ0n) is 14.3. The van der Waals surface area contributed by atoms with Gasteiger partial charge in [-0.25, -0.2) is 0 Å². The van der Waals surface area contributed by atoms with E-state index in [4.69, 9.17) is 0 Å². The largest absolute Gasteiger partial charge is 0.352 e. The number of rotatable bonds is 4. The van der Waals surface area contributed by atoms with E-state index in [2.05, 4.69) is 21.2 Å². The first kappa shape index (κ1) is 18.1. The van der Waals surface area contributed by atoms with Gasteiger partial charge in [0.25, 0.3) is 5.91 Å². The molecule has 1 aliphatic carbocycles. The lowest BCUT2D eigenvalue weighted by atomic mass is 9.87. The average molecular weight is 421 g/mol. The molecule has 1 aliphatic rings. The van der Waals surface area contributed by atoms with E-state index in [-0.39, 0.29) is 17.7 Å². The van der Waals surface area contributed by atoms with E-state index >= 15 is 0 Å². The monoisotopic (exact) mass is 420 g/mol. The molecule has 1 aromatic heterocycles. The summed E-state index contributed by atoms with van der Waals surface area (Å²) >= 11 is 5.07. The number of hydrogen-bond acceptors (Lipinski definition) is 3. The molecule has 1 heterocycles. The molecule has 1 atom stereocenters. The lowest BCUT2D eigenvalue weighted by Crippen LogP contribution is -2.33. The van der Waals surface area contributed by atoms with Crippen LogP contribution in [-0.4, -0.2) is 30.8 Å². The number of fused-ring (bicyclic) bond motifs is 1. The van der Waals surface area contributed by atoms with Crippen molar-refractivity contribution in [2.45, 2.75) is 25.8 Å². The summed E-state index contributed by atoms with van der Waals surface area (Å²) in [5.41, 5.74) is 2.23. The quantitative estimate of drug-likeness (QED) is 0.820. The summed E-state index contributed by atoms with van der Waals surface area (Å²) in [6, 6.07) is 9.87. The topological polar surface area (TPSA) is 49.4 Å². The van der Waals surface area contributed by atoms with Crippen molar-refractivity contribution >= 4 is 39.1 Å². The molecule has 1 aromatic carbocycles. The highest BCUT2D eigenvalue weighted by atomic mass is 79.9. The molecule has 0 bridgehead atoms. The van der Waals surface area contributed by atoms with Gasteiger partial charge in [0.2, 0.25) is 5.91 Å². The van der Waals surface area contributed by atoms with Crippen molar-refractivity contribution in [2.24, 2.45) is 5.92 Å². The van der Waals surface area contributed by atoms with E-state index in [9.17, 15) is 9.59 Å². The molecule has 0 fully saturated rings. The molecule has 1 N–H and O–H groups in total. The zero-order chi connectivity index (χ0) is 18.0. The Hall–Kier alpha value is -1.66. The minimum Gasteiger partial charge on any atom is -0.352 e. The van der Waals surface area contributed by atoms with Gasteiger partial charge in [0.05, 0.1) is 4.88 Å². The average Bonchev–Trinajstić information content (AvgIpc) is 3.03. The predicted molar refractivity (Wildman–Crippen MR) is 104 cm³/mol. The third-order valence-corrected chi connectivity index (χ3v) is 6.48. The number of carbonyl (C=O) groups is 2. The number of benzene rings is 1. The van der Waals surface area contributed by atoms with Crippen LogP contribution < -0.4 is 5.32 Å². The van der Waals surface area contributed by atoms with Crippen LogP contribution in [0.3, 0.4) is 0 Å². The van der Waals surface area contributed by atoms with E-state index in [1.54, 1.807) is 30.3 Å². The van der Waals surface area contributed by atoms with Crippen molar-refractivity contribution in [1.82, 2.24) is 10.2 Å². The molecule has 0 unspecified atom stereocenters. The molecular weight excluding hydrogens is 400 g/mol. The van der Waals surface area contributed by atoms with Crippen molar-refractivity contribution in [1.29, 1.82) is 0 Å². The highest BCUT2D eigenvalue weighted by Gasteiger charge is 2.27. The first-order chi connectivity index (χ1) is 12.0. The number of nitrogens with zero attached hydrogens (tertiary/aromatic N) is 1. The van der Waals surface area contributed by atoms with Gasteiger partial charge in [0.15, 0.2) is 0 Å². The van der Waals surface area contributed by atoms with Crippen LogP contribution in [0.5, 0.6) is 0 Å². The molecule has 132 valence electrons. The highest BCUT2D eigenvalue weighted by Crippen LogP contribution is 2.33. The van der Waals surface area contributed by atoms with Crippen molar-refractivity contribution in [3.63, 3.8) is 0 Å². The van der Waals surface area contributed by atoms with Gasteiger partial charge in [-0.2, -0.15) is 0 Å². The third-order valence-electron chi connectivity index (χ3n) is 4.48. The molecule has 3 rings (SSSR count). The molecule has 4 nitrogen and oxygen atoms in total. The molecule has 2 aromatic rings. The molecule has 6 heteroatoms. The maximum atomic E-state index is 12.5. The van der Waals surface area contributed by atoms with Gasteiger partial charge in [-0.3, -0.25) is 9.59 Å². The second-order valence-corrected chi connectivity index (χ2v) is 8.50. The first-order valence-electron chi connectivity index (χ1n) is 8.30. The van der Waals surface area contributed by atoms with Gasteiger partial charge in [-0.15, -0.1) is 11.3 Å². The van der Waals surface area contributed by atoms with E-state index in [0.717, 1.165) is 33.3 Å². The molecule has 0 saturated carbocycles. The Bertz CT molecular complexity index is 800. The van der Waals surface area contributed by atoms with E-state index < -0.39 is 0 Å². The first-order valence-corrected chi connectivity index (χ1v) is 9.91. The number of amides is 2. The summed E-state index contributed by atoms with van der Waals surface area (Å²) in [6.07, 6.45) is 2.42. The lowest BCUT2D eigenvalue weighted by molar-refractivity contribution is -0.125. The van der Waals surface area contributed by atoms with Gasteiger partial charge in [-0.05, 0) is 42.5 Å². The number of nitrogens with one attached hydrogen (secondary N) is 1. The number of carbonyl (C=O) groups excluding carboxylic acids is 2. The summed E-state index contributed by atoms with van der Waals surface area (Å²) in [6.45, 7) is 0.525. The lowest BCUT2D eigenvalue weighted by Gasteiger charge is -2.21. The Morgan fingerprint density at radius 3 is 2.80 bits per heavy atom. The van der Waals surface area contributed by atoms with Gasteiger partial charge in [0, 0.05) is 35.9 Å². The van der Waals surface area contributed by atoms with Crippen molar-refractivity contribution in [3.8, 4) is 0 Å². The van der Waals surface area contributed by atoms with Gasteiger partial charge in [0.1, 0.15) is 0 Å². The Morgan fingerprint density at radius 2 is 2.08 bits per heavy atom. The Labute approximate surface area is 160 Å².